The van der Waals surface area contributed by atoms with Gasteiger partial charge in [0.05, 0.1) is 0 Å². The number of hydrogen-bond donors (Lipinski definition) is 2. The molecule has 1 aromatic heterocycles. The molecule has 0 spiro atoms. The Balaban J connectivity index is 2.26. The second-order valence-corrected chi connectivity index (χ2v) is 7.44. The number of sulfonamides is 1. The SMILES string of the molecule is CC(CN)(NS(=O)(=O)c1cncc(Br)c1)C1CC1. The van der Waals surface area contributed by atoms with Gasteiger partial charge in [0, 0.05) is 29.0 Å². The first-order valence-corrected chi connectivity index (χ1v) is 7.99. The minimum Gasteiger partial charge on any atom is -0.329 e. The Morgan fingerprint density at radius 3 is 2.72 bits per heavy atom. The lowest BCUT2D eigenvalue weighted by Crippen LogP contribution is -2.52. The Kier molecular flexibility index (Phi) is 3.77. The molecule has 100 valence electrons. The second-order valence-electron chi connectivity index (χ2n) is 4.84. The van der Waals surface area contributed by atoms with Crippen LogP contribution >= 0.6 is 15.9 Å². The summed E-state index contributed by atoms with van der Waals surface area (Å²) in [6.07, 6.45) is 4.92. The molecule has 7 heteroatoms. The van der Waals surface area contributed by atoms with Crippen LogP contribution in [0.4, 0.5) is 0 Å². The highest BCUT2D eigenvalue weighted by atomic mass is 79.9. The number of halogens is 1. The number of nitrogens with two attached hydrogens (primary N) is 1. The minimum atomic E-state index is -3.58. The zero-order chi connectivity index (χ0) is 13.4. The van der Waals surface area contributed by atoms with Gasteiger partial charge in [-0.15, -0.1) is 0 Å². The van der Waals surface area contributed by atoms with Crippen LogP contribution in [0, 0.1) is 5.92 Å². The van der Waals surface area contributed by atoms with Crippen molar-refractivity contribution < 1.29 is 8.42 Å². The summed E-state index contributed by atoms with van der Waals surface area (Å²) in [6.45, 7) is 2.14. The molecule has 0 aliphatic heterocycles. The smallest absolute Gasteiger partial charge is 0.242 e. The molecule has 0 radical (unpaired) electrons. The fourth-order valence-electron chi connectivity index (χ4n) is 1.92. The van der Waals surface area contributed by atoms with Gasteiger partial charge in [0.1, 0.15) is 4.90 Å². The Bertz CT molecular complexity index is 545. The molecule has 0 saturated heterocycles. The van der Waals surface area contributed by atoms with Gasteiger partial charge in [-0.25, -0.2) is 13.1 Å². The summed E-state index contributed by atoms with van der Waals surface area (Å²) in [6, 6.07) is 1.53. The number of hydrogen-bond acceptors (Lipinski definition) is 4. The third-order valence-corrected chi connectivity index (χ3v) is 5.27. The van der Waals surface area contributed by atoms with Gasteiger partial charge in [-0.1, -0.05) is 0 Å². The predicted octanol–water partition coefficient (Wildman–Crippen LogP) is 1.25. The predicted molar refractivity (Wildman–Crippen MR) is 72.4 cm³/mol. The van der Waals surface area contributed by atoms with Crippen LogP contribution in [0.1, 0.15) is 19.8 Å². The molecule has 1 aliphatic rings. The minimum absolute atomic E-state index is 0.150. The van der Waals surface area contributed by atoms with E-state index < -0.39 is 15.6 Å². The van der Waals surface area contributed by atoms with Crippen LogP contribution in [0.3, 0.4) is 0 Å². The third-order valence-electron chi connectivity index (χ3n) is 3.26. The molecule has 1 fully saturated rings. The maximum Gasteiger partial charge on any atom is 0.242 e. The van der Waals surface area contributed by atoms with Gasteiger partial charge in [-0.2, -0.15) is 0 Å². The molecule has 0 aromatic carbocycles. The molecular weight excluding hydrogens is 318 g/mol. The van der Waals surface area contributed by atoms with Crippen LogP contribution in [0.2, 0.25) is 0 Å². The van der Waals surface area contributed by atoms with E-state index in [0.717, 1.165) is 12.8 Å². The van der Waals surface area contributed by atoms with Gasteiger partial charge in [-0.05, 0) is 47.7 Å². The number of nitrogens with zero attached hydrogens (tertiary/aromatic N) is 1. The summed E-state index contributed by atoms with van der Waals surface area (Å²) < 4.78 is 27.9. The van der Waals surface area contributed by atoms with Crippen molar-refractivity contribution in [1.29, 1.82) is 0 Å². The van der Waals surface area contributed by atoms with Crippen molar-refractivity contribution in [3.05, 3.63) is 22.9 Å². The van der Waals surface area contributed by atoms with Crippen molar-refractivity contribution >= 4 is 26.0 Å². The first kappa shape index (κ1) is 13.9. The van der Waals surface area contributed by atoms with Crippen molar-refractivity contribution in [3.63, 3.8) is 0 Å². The monoisotopic (exact) mass is 333 g/mol. The van der Waals surface area contributed by atoms with Crippen molar-refractivity contribution in [2.45, 2.75) is 30.2 Å². The largest absolute Gasteiger partial charge is 0.329 e. The van der Waals surface area contributed by atoms with Crippen LogP contribution in [0.15, 0.2) is 27.8 Å². The Morgan fingerprint density at radius 1 is 1.56 bits per heavy atom. The van der Waals surface area contributed by atoms with Gasteiger partial charge in [0.2, 0.25) is 10.0 Å². The quantitative estimate of drug-likeness (QED) is 0.849. The summed E-state index contributed by atoms with van der Waals surface area (Å²) in [5.74, 6) is 0.331. The number of pyridine rings is 1. The lowest BCUT2D eigenvalue weighted by molar-refractivity contribution is 0.374. The van der Waals surface area contributed by atoms with E-state index in [1.165, 1.54) is 12.3 Å². The second kappa shape index (κ2) is 4.88. The molecule has 2 rings (SSSR count). The molecular formula is C11H16BrN3O2S. The van der Waals surface area contributed by atoms with Crippen LogP contribution < -0.4 is 10.5 Å². The Hall–Kier alpha value is -0.500. The maximum atomic E-state index is 12.3. The molecule has 18 heavy (non-hydrogen) atoms. The summed E-state index contributed by atoms with van der Waals surface area (Å²) in [5.41, 5.74) is 5.14. The van der Waals surface area contributed by atoms with E-state index >= 15 is 0 Å². The standard InChI is InChI=1S/C11H16BrN3O2S/c1-11(7-13,8-2-3-8)15-18(16,17)10-4-9(12)5-14-6-10/h4-6,8,15H,2-3,7,13H2,1H3. The van der Waals surface area contributed by atoms with Crippen LogP contribution in [-0.2, 0) is 10.0 Å². The van der Waals surface area contributed by atoms with E-state index in [2.05, 4.69) is 25.6 Å². The van der Waals surface area contributed by atoms with Crippen molar-refractivity contribution in [1.82, 2.24) is 9.71 Å². The molecule has 5 nitrogen and oxygen atoms in total. The van der Waals surface area contributed by atoms with E-state index in [-0.39, 0.29) is 4.90 Å². The molecule has 0 amide bonds. The maximum absolute atomic E-state index is 12.3. The highest BCUT2D eigenvalue weighted by molar-refractivity contribution is 9.10. The van der Waals surface area contributed by atoms with Crippen molar-refractivity contribution in [2.24, 2.45) is 11.7 Å². The summed E-state index contributed by atoms with van der Waals surface area (Å²) in [4.78, 5) is 4.02. The lowest BCUT2D eigenvalue weighted by atomic mass is 9.98. The highest BCUT2D eigenvalue weighted by Crippen LogP contribution is 2.39. The molecule has 0 bridgehead atoms. The van der Waals surface area contributed by atoms with Gasteiger partial charge in [0.25, 0.3) is 0 Å². The van der Waals surface area contributed by atoms with Crippen LogP contribution in [0.25, 0.3) is 0 Å². The van der Waals surface area contributed by atoms with Gasteiger partial charge < -0.3 is 5.73 Å². The summed E-state index contributed by atoms with van der Waals surface area (Å²) in [7, 11) is -3.58. The normalized spacial score (nSPS) is 19.5. The van der Waals surface area contributed by atoms with E-state index in [1.807, 2.05) is 6.92 Å². The number of rotatable bonds is 5. The molecule has 1 saturated carbocycles. The Labute approximate surface area is 115 Å². The molecule has 1 heterocycles. The molecule has 1 atom stereocenters. The molecule has 1 unspecified atom stereocenters. The average molecular weight is 334 g/mol. The van der Waals surface area contributed by atoms with Crippen LogP contribution in [0.5, 0.6) is 0 Å². The topological polar surface area (TPSA) is 85.1 Å². The van der Waals surface area contributed by atoms with Gasteiger partial charge in [-0.3, -0.25) is 4.98 Å². The zero-order valence-corrected chi connectivity index (χ0v) is 12.5. The average Bonchev–Trinajstić information content (AvgIpc) is 3.12. The first-order valence-electron chi connectivity index (χ1n) is 5.72. The third kappa shape index (κ3) is 2.90. The summed E-state index contributed by atoms with van der Waals surface area (Å²) >= 11 is 3.21. The molecule has 1 aromatic rings. The van der Waals surface area contributed by atoms with Gasteiger partial charge in [0.15, 0.2) is 0 Å². The Morgan fingerprint density at radius 2 is 2.22 bits per heavy atom. The van der Waals surface area contributed by atoms with E-state index in [9.17, 15) is 8.42 Å². The van der Waals surface area contributed by atoms with Crippen molar-refractivity contribution in [3.8, 4) is 0 Å². The van der Waals surface area contributed by atoms with E-state index in [1.54, 1.807) is 6.20 Å². The zero-order valence-electron chi connectivity index (χ0n) is 10.1. The number of nitrogens with one attached hydrogen (secondary N) is 1. The molecule has 1 aliphatic carbocycles. The fraction of sp³-hybridized carbons (Fsp3) is 0.545. The molecule has 3 N–H and O–H groups in total. The fourth-order valence-corrected chi connectivity index (χ4v) is 3.90. The van der Waals surface area contributed by atoms with Gasteiger partial charge >= 0.3 is 0 Å². The van der Waals surface area contributed by atoms with Crippen LogP contribution in [-0.4, -0.2) is 25.5 Å². The highest BCUT2D eigenvalue weighted by Gasteiger charge is 2.43. The van der Waals surface area contributed by atoms with E-state index in [4.69, 9.17) is 5.73 Å². The lowest BCUT2D eigenvalue weighted by Gasteiger charge is -2.29. The summed E-state index contributed by atoms with van der Waals surface area (Å²) in [5, 5.41) is 0. The first-order chi connectivity index (χ1) is 8.37. The van der Waals surface area contributed by atoms with E-state index in [0.29, 0.717) is 16.9 Å². The van der Waals surface area contributed by atoms with Crippen molar-refractivity contribution in [2.75, 3.05) is 6.54 Å². The number of aromatic nitrogens is 1.